The molecule has 18 heavy (non-hydrogen) atoms. The molecule has 94 valence electrons. The monoisotopic (exact) mass is 250 g/mol. The van der Waals surface area contributed by atoms with Crippen LogP contribution in [0.25, 0.3) is 10.8 Å². The summed E-state index contributed by atoms with van der Waals surface area (Å²) >= 11 is 0. The summed E-state index contributed by atoms with van der Waals surface area (Å²) in [5, 5.41) is 6.18. The molecule has 6 heteroatoms. The van der Waals surface area contributed by atoms with Crippen LogP contribution in [-0.4, -0.2) is 22.8 Å². The van der Waals surface area contributed by atoms with Gasteiger partial charge in [0.1, 0.15) is 5.82 Å². The Bertz CT molecular complexity index is 651. The molecule has 1 aromatic heterocycles. The highest BCUT2D eigenvalue weighted by atomic mass is 19.1. The topological polar surface area (TPSA) is 72.0 Å². The van der Waals surface area contributed by atoms with E-state index < -0.39 is 17.3 Å². The predicted octanol–water partition coefficient (Wildman–Crippen LogP) is 1.17. The molecule has 0 radical (unpaired) electrons. The number of rotatable bonds is 3. The molecule has 0 fully saturated rings. The standard InChI is InChI=1S/C12H11FN2O3/c1-2-18-10(16)6-9-7-4-3-5-8(13)11(7)12(17)15-14-9/h3-5H,2,6H2,1H3,(H,15,17). The van der Waals surface area contributed by atoms with E-state index in [1.807, 2.05) is 0 Å². The number of aromatic amines is 1. The minimum Gasteiger partial charge on any atom is -0.466 e. The van der Waals surface area contributed by atoms with Gasteiger partial charge in [0.05, 0.1) is 24.1 Å². The van der Waals surface area contributed by atoms with Crippen molar-refractivity contribution in [2.24, 2.45) is 0 Å². The molecule has 0 aliphatic heterocycles. The van der Waals surface area contributed by atoms with E-state index in [2.05, 4.69) is 10.2 Å². The van der Waals surface area contributed by atoms with Crippen LogP contribution in [0, 0.1) is 5.82 Å². The Kier molecular flexibility index (Phi) is 3.36. The lowest BCUT2D eigenvalue weighted by Gasteiger charge is -2.05. The number of carbonyl (C=O) groups excluding carboxylic acids is 1. The molecule has 0 spiro atoms. The van der Waals surface area contributed by atoms with Crippen molar-refractivity contribution in [2.45, 2.75) is 13.3 Å². The number of ether oxygens (including phenoxy) is 1. The zero-order valence-corrected chi connectivity index (χ0v) is 9.70. The molecule has 2 rings (SSSR count). The molecule has 5 nitrogen and oxygen atoms in total. The van der Waals surface area contributed by atoms with Crippen molar-refractivity contribution in [3.05, 3.63) is 40.1 Å². The maximum absolute atomic E-state index is 13.5. The fourth-order valence-electron chi connectivity index (χ4n) is 1.71. The van der Waals surface area contributed by atoms with Crippen molar-refractivity contribution >= 4 is 16.7 Å². The van der Waals surface area contributed by atoms with Gasteiger partial charge in [-0.3, -0.25) is 9.59 Å². The van der Waals surface area contributed by atoms with Gasteiger partial charge >= 0.3 is 5.97 Å². The van der Waals surface area contributed by atoms with Gasteiger partial charge in [0, 0.05) is 5.39 Å². The summed E-state index contributed by atoms with van der Waals surface area (Å²) in [6.07, 6.45) is -0.107. The Morgan fingerprint density at radius 1 is 1.50 bits per heavy atom. The molecule has 0 aliphatic carbocycles. The Labute approximate surface area is 102 Å². The summed E-state index contributed by atoms with van der Waals surface area (Å²) in [6, 6.07) is 4.20. The second-order valence-corrected chi connectivity index (χ2v) is 3.64. The fourth-order valence-corrected chi connectivity index (χ4v) is 1.71. The molecule has 1 N–H and O–H groups in total. The number of halogens is 1. The first-order chi connectivity index (χ1) is 8.63. The third-order valence-electron chi connectivity index (χ3n) is 2.46. The largest absolute Gasteiger partial charge is 0.466 e. The van der Waals surface area contributed by atoms with Gasteiger partial charge in [-0.2, -0.15) is 5.10 Å². The molecule has 1 heterocycles. The lowest BCUT2D eigenvalue weighted by molar-refractivity contribution is -0.142. The number of hydrogen-bond acceptors (Lipinski definition) is 4. The second kappa shape index (κ2) is 4.95. The highest BCUT2D eigenvalue weighted by Crippen LogP contribution is 2.16. The molecule has 0 unspecified atom stereocenters. The number of H-pyrrole nitrogens is 1. The quantitative estimate of drug-likeness (QED) is 0.830. The molecular formula is C12H11FN2O3. The SMILES string of the molecule is CCOC(=O)Cc1n[nH]c(=O)c2c(F)cccc12. The van der Waals surface area contributed by atoms with Crippen LogP contribution in [0.5, 0.6) is 0 Å². The maximum Gasteiger partial charge on any atom is 0.311 e. The molecule has 0 amide bonds. The summed E-state index contributed by atoms with van der Waals surface area (Å²) in [5.74, 6) is -1.11. The van der Waals surface area contributed by atoms with E-state index in [-0.39, 0.29) is 18.4 Å². The first kappa shape index (κ1) is 12.2. The molecule has 0 atom stereocenters. The fraction of sp³-hybridized carbons (Fsp3) is 0.250. The highest BCUT2D eigenvalue weighted by Gasteiger charge is 2.13. The Balaban J connectivity index is 2.53. The van der Waals surface area contributed by atoms with Gasteiger partial charge in [-0.25, -0.2) is 9.49 Å². The van der Waals surface area contributed by atoms with Crippen LogP contribution in [0.4, 0.5) is 4.39 Å². The molecule has 0 saturated heterocycles. The third kappa shape index (κ3) is 2.22. The number of nitrogens with one attached hydrogen (secondary N) is 1. The number of carbonyl (C=O) groups is 1. The molecule has 0 bridgehead atoms. The average Bonchev–Trinajstić information content (AvgIpc) is 2.33. The summed E-state index contributed by atoms with van der Waals surface area (Å²) in [4.78, 5) is 22.9. The molecule has 1 aromatic carbocycles. The van der Waals surface area contributed by atoms with E-state index in [1.165, 1.54) is 12.1 Å². The van der Waals surface area contributed by atoms with Gasteiger partial charge in [-0.1, -0.05) is 12.1 Å². The summed E-state index contributed by atoms with van der Waals surface area (Å²) < 4.78 is 18.3. The Morgan fingerprint density at radius 3 is 3.00 bits per heavy atom. The van der Waals surface area contributed by atoms with Crippen molar-refractivity contribution in [1.82, 2.24) is 10.2 Å². The van der Waals surface area contributed by atoms with Gasteiger partial charge in [0.25, 0.3) is 5.56 Å². The van der Waals surface area contributed by atoms with E-state index in [1.54, 1.807) is 13.0 Å². The van der Waals surface area contributed by atoms with Crippen LogP contribution in [0.3, 0.4) is 0 Å². The number of fused-ring (bicyclic) bond motifs is 1. The minimum atomic E-state index is -0.638. The van der Waals surface area contributed by atoms with E-state index in [0.717, 1.165) is 0 Å². The van der Waals surface area contributed by atoms with E-state index in [9.17, 15) is 14.0 Å². The smallest absolute Gasteiger partial charge is 0.311 e. The summed E-state index contributed by atoms with van der Waals surface area (Å²) in [5.41, 5.74) is -0.321. The number of hydrogen-bond donors (Lipinski definition) is 1. The van der Waals surface area contributed by atoms with Crippen LogP contribution < -0.4 is 5.56 Å². The lowest BCUT2D eigenvalue weighted by Crippen LogP contribution is -2.16. The third-order valence-corrected chi connectivity index (χ3v) is 2.46. The number of aromatic nitrogens is 2. The highest BCUT2D eigenvalue weighted by molar-refractivity contribution is 5.87. The van der Waals surface area contributed by atoms with Gasteiger partial charge in [0.2, 0.25) is 0 Å². The Hall–Kier alpha value is -2.24. The number of nitrogens with zero attached hydrogens (tertiary/aromatic N) is 1. The zero-order chi connectivity index (χ0) is 13.1. The summed E-state index contributed by atoms with van der Waals surface area (Å²) in [7, 11) is 0. The van der Waals surface area contributed by atoms with Crippen molar-refractivity contribution < 1.29 is 13.9 Å². The van der Waals surface area contributed by atoms with Gasteiger partial charge in [0.15, 0.2) is 0 Å². The zero-order valence-electron chi connectivity index (χ0n) is 9.70. The van der Waals surface area contributed by atoms with Crippen molar-refractivity contribution in [1.29, 1.82) is 0 Å². The molecule has 0 aliphatic rings. The van der Waals surface area contributed by atoms with Crippen molar-refractivity contribution in [3.8, 4) is 0 Å². The Morgan fingerprint density at radius 2 is 2.28 bits per heavy atom. The van der Waals surface area contributed by atoms with E-state index in [0.29, 0.717) is 11.1 Å². The maximum atomic E-state index is 13.5. The van der Waals surface area contributed by atoms with E-state index in [4.69, 9.17) is 4.74 Å². The number of esters is 1. The first-order valence-electron chi connectivity index (χ1n) is 5.45. The van der Waals surface area contributed by atoms with Crippen molar-refractivity contribution in [3.63, 3.8) is 0 Å². The average molecular weight is 250 g/mol. The van der Waals surface area contributed by atoms with Crippen LogP contribution in [0.2, 0.25) is 0 Å². The minimum absolute atomic E-state index is 0.0909. The first-order valence-corrected chi connectivity index (χ1v) is 5.45. The van der Waals surface area contributed by atoms with E-state index >= 15 is 0 Å². The van der Waals surface area contributed by atoms with Crippen LogP contribution in [-0.2, 0) is 16.0 Å². The van der Waals surface area contributed by atoms with Gasteiger partial charge in [-0.05, 0) is 13.0 Å². The normalized spacial score (nSPS) is 10.6. The van der Waals surface area contributed by atoms with Gasteiger partial charge in [-0.15, -0.1) is 0 Å². The lowest BCUT2D eigenvalue weighted by atomic mass is 10.1. The molecule has 0 saturated carbocycles. The van der Waals surface area contributed by atoms with Crippen LogP contribution >= 0.6 is 0 Å². The number of benzene rings is 1. The second-order valence-electron chi connectivity index (χ2n) is 3.64. The predicted molar refractivity (Wildman–Crippen MR) is 62.7 cm³/mol. The summed E-state index contributed by atoms with van der Waals surface area (Å²) in [6.45, 7) is 1.95. The molecular weight excluding hydrogens is 239 g/mol. The van der Waals surface area contributed by atoms with Crippen LogP contribution in [0.1, 0.15) is 12.6 Å². The van der Waals surface area contributed by atoms with Crippen LogP contribution in [0.15, 0.2) is 23.0 Å². The van der Waals surface area contributed by atoms with Crippen molar-refractivity contribution in [2.75, 3.05) is 6.61 Å². The molecule has 2 aromatic rings. The van der Waals surface area contributed by atoms with Gasteiger partial charge < -0.3 is 4.74 Å².